The largest absolute Gasteiger partial charge is 0.870 e. The number of piperidine rings is 1. The molecule has 14 heteroatoms. The van der Waals surface area contributed by atoms with Crippen LogP contribution in [0.2, 0.25) is 10.0 Å². The van der Waals surface area contributed by atoms with Crippen molar-refractivity contribution in [3.63, 3.8) is 0 Å². The Bertz CT molecular complexity index is 1630. The Morgan fingerprint density at radius 2 is 1.51 bits per heavy atom. The molecule has 2 aromatic carbocycles. The normalized spacial score (nSPS) is 16.6. The first-order chi connectivity index (χ1) is 24.2. The quantitative estimate of drug-likeness (QED) is 0.128. The summed E-state index contributed by atoms with van der Waals surface area (Å²) in [5.74, 6) is -0.288. The Kier molecular flexibility index (Phi) is 13.7. The number of hydrogen-bond acceptors (Lipinski definition) is 9. The number of hydrogen-bond donors (Lipinski definition) is 0. The number of benzene rings is 2. The third kappa shape index (κ3) is 11.1. The summed E-state index contributed by atoms with van der Waals surface area (Å²) in [6, 6.07) is 8.92. The van der Waals surface area contributed by atoms with Crippen LogP contribution in [0.1, 0.15) is 82.9 Å². The third-order valence-corrected chi connectivity index (χ3v) is 9.74. The van der Waals surface area contributed by atoms with Crippen LogP contribution in [0.4, 0.5) is 8.78 Å². The zero-order valence-corrected chi connectivity index (χ0v) is 29.6. The molecule has 2 heterocycles. The van der Waals surface area contributed by atoms with Crippen molar-refractivity contribution in [2.24, 2.45) is 11.8 Å². The number of pyridine rings is 1. The summed E-state index contributed by atoms with van der Waals surface area (Å²) in [5.41, 5.74) is 1.33. The minimum atomic E-state index is -3.05. The molecule has 0 amide bonds. The van der Waals surface area contributed by atoms with Crippen LogP contribution < -0.4 is 19.2 Å². The first-order valence-corrected chi connectivity index (χ1v) is 17.9. The lowest BCUT2D eigenvalue weighted by Gasteiger charge is -2.26. The monoisotopic (exact) mass is 750 g/mol. The summed E-state index contributed by atoms with van der Waals surface area (Å²) in [6.07, 6.45) is 9.76. The van der Waals surface area contributed by atoms with Gasteiger partial charge in [-0.3, -0.25) is 4.90 Å². The molecule has 0 radical (unpaired) electrons. The van der Waals surface area contributed by atoms with E-state index in [0.29, 0.717) is 52.8 Å². The van der Waals surface area contributed by atoms with Crippen LogP contribution in [0.15, 0.2) is 48.8 Å². The standard InChI is InChI=1S/C37H40Cl2F2N2O7.H2O/c38-29-19-42-20-30(39)28(29)18-32(25-9-11-31(50-37(40)41)34(16-25)48-22-24-6-7-24)49-35(44)26-8-10-27(33(17-26)47-21-23-4-5-23)36(45)46-15-14-43-12-2-1-3-13-43;/h8-11,16-17,19-20,23-24,32,37H,1-7,12-15,18,21-22H2;1H2/t32-;/m0./s1. The molecule has 1 aromatic heterocycles. The molecule has 2 saturated carbocycles. The highest BCUT2D eigenvalue weighted by atomic mass is 35.5. The van der Waals surface area contributed by atoms with Crippen molar-refractivity contribution in [1.29, 1.82) is 0 Å². The number of aromatic amines is 1. The minimum absolute atomic E-state index is 0. The predicted molar refractivity (Wildman–Crippen MR) is 183 cm³/mol. The number of esters is 2. The van der Waals surface area contributed by atoms with Gasteiger partial charge in [0.15, 0.2) is 23.9 Å². The van der Waals surface area contributed by atoms with Crippen molar-refractivity contribution in [2.45, 2.75) is 64.1 Å². The molecule has 10 nitrogen and oxygen atoms in total. The van der Waals surface area contributed by atoms with Crippen LogP contribution in [0.25, 0.3) is 0 Å². The number of nitrogens with zero attached hydrogens (tertiary/aromatic N) is 1. The average Bonchev–Trinajstić information content (AvgIpc) is 4.04. The molecule has 1 aliphatic heterocycles. The van der Waals surface area contributed by atoms with Crippen LogP contribution in [0.3, 0.4) is 0 Å². The van der Waals surface area contributed by atoms with Gasteiger partial charge in [-0.2, -0.15) is 8.78 Å². The van der Waals surface area contributed by atoms with Gasteiger partial charge in [0, 0.05) is 18.5 Å². The van der Waals surface area contributed by atoms with Gasteiger partial charge in [-0.25, -0.2) is 14.6 Å². The maximum atomic E-state index is 13.8. The number of carbonyl (C=O) groups excluding carboxylic acids is 2. The zero-order chi connectivity index (χ0) is 35.0. The number of nitrogens with one attached hydrogen (secondary N) is 1. The van der Waals surface area contributed by atoms with Crippen molar-refractivity contribution in [2.75, 3.05) is 39.5 Å². The van der Waals surface area contributed by atoms with Gasteiger partial charge in [-0.05, 0) is 99.3 Å². The molecule has 0 unspecified atom stereocenters. The molecule has 2 N–H and O–H groups in total. The summed E-state index contributed by atoms with van der Waals surface area (Å²) in [5, 5.41) is 0.639. The second-order valence-electron chi connectivity index (χ2n) is 13.1. The van der Waals surface area contributed by atoms with E-state index in [4.69, 9.17) is 46.9 Å². The number of carbonyl (C=O) groups is 2. The fraction of sp³-hybridized carbons (Fsp3) is 0.486. The number of aromatic nitrogens is 1. The van der Waals surface area contributed by atoms with Crippen molar-refractivity contribution in [1.82, 2.24) is 4.90 Å². The lowest BCUT2D eigenvalue weighted by atomic mass is 10.0. The molecular weight excluding hydrogens is 709 g/mol. The SMILES string of the molecule is O=C(O[C@@H](Cc1c(Cl)c[nH+]cc1Cl)c1ccc(OC(F)F)c(OCC2CC2)c1)c1ccc(C(=O)OCCN2CCCCC2)c(OCC2CC2)c1.[OH-]. The Morgan fingerprint density at radius 3 is 2.16 bits per heavy atom. The smallest absolute Gasteiger partial charge is 0.387 e. The van der Waals surface area contributed by atoms with E-state index in [1.54, 1.807) is 12.4 Å². The summed E-state index contributed by atoms with van der Waals surface area (Å²) >= 11 is 13.0. The molecule has 6 rings (SSSR count). The molecule has 51 heavy (non-hydrogen) atoms. The molecule has 3 fully saturated rings. The molecule has 0 bridgehead atoms. The molecule has 2 aliphatic carbocycles. The minimum Gasteiger partial charge on any atom is -0.870 e. The molecule has 1 atom stereocenters. The molecule has 3 aromatic rings. The van der Waals surface area contributed by atoms with Gasteiger partial charge in [0.2, 0.25) is 0 Å². The van der Waals surface area contributed by atoms with Gasteiger partial charge in [0.1, 0.15) is 34.1 Å². The van der Waals surface area contributed by atoms with Gasteiger partial charge < -0.3 is 29.2 Å². The van der Waals surface area contributed by atoms with Crippen molar-refractivity contribution >= 4 is 35.1 Å². The maximum Gasteiger partial charge on any atom is 0.387 e. The van der Waals surface area contributed by atoms with E-state index >= 15 is 0 Å². The van der Waals surface area contributed by atoms with Gasteiger partial charge in [0.25, 0.3) is 0 Å². The van der Waals surface area contributed by atoms with E-state index < -0.39 is 24.7 Å². The third-order valence-electron chi connectivity index (χ3n) is 9.06. The maximum absolute atomic E-state index is 13.8. The first-order valence-electron chi connectivity index (χ1n) is 17.2. The fourth-order valence-corrected chi connectivity index (χ4v) is 6.29. The zero-order valence-electron chi connectivity index (χ0n) is 28.1. The molecule has 1 saturated heterocycles. The van der Waals surface area contributed by atoms with Crippen LogP contribution in [-0.4, -0.2) is 68.4 Å². The van der Waals surface area contributed by atoms with E-state index in [1.807, 2.05) is 0 Å². The van der Waals surface area contributed by atoms with Crippen LogP contribution >= 0.6 is 23.2 Å². The fourth-order valence-electron chi connectivity index (χ4n) is 5.76. The van der Waals surface area contributed by atoms with Crippen LogP contribution in [0.5, 0.6) is 17.2 Å². The van der Waals surface area contributed by atoms with Crippen molar-refractivity contribution in [3.8, 4) is 17.2 Å². The van der Waals surface area contributed by atoms with Crippen molar-refractivity contribution in [3.05, 3.63) is 81.1 Å². The van der Waals surface area contributed by atoms with Gasteiger partial charge in [-0.15, -0.1) is 0 Å². The Labute approximate surface area is 305 Å². The number of halogens is 4. The Morgan fingerprint density at radius 1 is 0.843 bits per heavy atom. The molecular formula is C37H42Cl2F2N2O8. The van der Waals surface area contributed by atoms with Crippen LogP contribution in [-0.2, 0) is 15.9 Å². The topological polar surface area (TPSA) is 128 Å². The van der Waals surface area contributed by atoms with E-state index in [-0.39, 0.29) is 46.9 Å². The van der Waals surface area contributed by atoms with Gasteiger partial charge in [-0.1, -0.05) is 35.7 Å². The van der Waals surface area contributed by atoms with Gasteiger partial charge in [0.05, 0.1) is 18.8 Å². The second kappa shape index (κ2) is 18.2. The number of rotatable bonds is 17. The lowest BCUT2D eigenvalue weighted by molar-refractivity contribution is -0.377. The molecule has 3 aliphatic rings. The average molecular weight is 752 g/mol. The predicted octanol–water partition coefficient (Wildman–Crippen LogP) is 7.59. The summed E-state index contributed by atoms with van der Waals surface area (Å²) in [7, 11) is 0. The van der Waals surface area contributed by atoms with Crippen molar-refractivity contribution < 1.29 is 52.5 Å². The highest BCUT2D eigenvalue weighted by molar-refractivity contribution is 6.35. The van der Waals surface area contributed by atoms with E-state index in [1.165, 1.54) is 42.8 Å². The molecule has 276 valence electrons. The summed E-state index contributed by atoms with van der Waals surface area (Å²) < 4.78 is 54.8. The van der Waals surface area contributed by atoms with Gasteiger partial charge >= 0.3 is 18.6 Å². The number of alkyl halides is 2. The van der Waals surface area contributed by atoms with Crippen LogP contribution in [0, 0.1) is 11.8 Å². The lowest BCUT2D eigenvalue weighted by Crippen LogP contribution is -2.33. The van der Waals surface area contributed by atoms with E-state index in [2.05, 4.69) is 9.88 Å². The van der Waals surface area contributed by atoms with E-state index in [9.17, 15) is 18.4 Å². The Hall–Kier alpha value is -3.71. The number of ether oxygens (including phenoxy) is 5. The first kappa shape index (κ1) is 38.5. The second-order valence-corrected chi connectivity index (χ2v) is 13.9. The summed E-state index contributed by atoms with van der Waals surface area (Å²) in [6.45, 7) is 0.601. The molecule has 0 spiro atoms. The summed E-state index contributed by atoms with van der Waals surface area (Å²) in [4.78, 5) is 32.1. The number of likely N-dealkylation sites (tertiary alicyclic amines) is 1. The number of H-pyrrole nitrogens is 1. The highest BCUT2D eigenvalue weighted by Crippen LogP contribution is 2.38. The highest BCUT2D eigenvalue weighted by Gasteiger charge is 2.28. The Balaban J connectivity index is 0.00000504. The van der Waals surface area contributed by atoms with E-state index in [0.717, 1.165) is 51.6 Å².